The minimum Gasteiger partial charge on any atom is -0.474 e. The van der Waals surface area contributed by atoms with Crippen LogP contribution in [0.2, 0.25) is 0 Å². The molecule has 0 aliphatic carbocycles. The van der Waals surface area contributed by atoms with Crippen LogP contribution in [0.1, 0.15) is 44.9 Å². The SMILES string of the molecule is COCCOc1nc(N)nc2c1ncn2CCCCCCCCCO[PH](=O)CP(=O)(O)O. The molecular formula is C18H33N5O7P2. The van der Waals surface area contributed by atoms with E-state index in [4.69, 9.17) is 29.5 Å². The highest BCUT2D eigenvalue weighted by Gasteiger charge is 2.17. The number of anilines is 1. The van der Waals surface area contributed by atoms with Crippen molar-refractivity contribution in [2.45, 2.75) is 51.5 Å². The molecule has 2 rings (SSSR count). The molecule has 182 valence electrons. The summed E-state index contributed by atoms with van der Waals surface area (Å²) in [6.07, 6.45) is 8.61. The second kappa shape index (κ2) is 13.9. The van der Waals surface area contributed by atoms with Gasteiger partial charge in [-0.3, -0.25) is 9.13 Å². The van der Waals surface area contributed by atoms with Gasteiger partial charge in [-0.15, -0.1) is 0 Å². The first-order valence-corrected chi connectivity index (χ1v) is 13.9. The van der Waals surface area contributed by atoms with Gasteiger partial charge in [-0.25, -0.2) is 4.98 Å². The number of nitrogens with two attached hydrogens (primary N) is 1. The lowest BCUT2D eigenvalue weighted by Crippen LogP contribution is -2.08. The zero-order chi connectivity index (χ0) is 23.4. The molecule has 0 aliphatic heterocycles. The summed E-state index contributed by atoms with van der Waals surface area (Å²) in [5, 5.41) is 0. The van der Waals surface area contributed by atoms with Crippen molar-refractivity contribution in [2.24, 2.45) is 0 Å². The van der Waals surface area contributed by atoms with E-state index in [0.29, 0.717) is 30.3 Å². The smallest absolute Gasteiger partial charge is 0.334 e. The number of hydrogen-bond donors (Lipinski definition) is 3. The number of hydrogen-bond acceptors (Lipinski definition) is 9. The van der Waals surface area contributed by atoms with E-state index in [0.717, 1.165) is 51.5 Å². The molecule has 14 heteroatoms. The summed E-state index contributed by atoms with van der Waals surface area (Å²) >= 11 is 0. The Morgan fingerprint density at radius 2 is 1.75 bits per heavy atom. The van der Waals surface area contributed by atoms with Gasteiger partial charge >= 0.3 is 7.60 Å². The van der Waals surface area contributed by atoms with Gasteiger partial charge in [-0.05, 0) is 12.8 Å². The minimum absolute atomic E-state index is 0.141. The van der Waals surface area contributed by atoms with E-state index >= 15 is 0 Å². The molecule has 0 spiro atoms. The molecule has 0 aliphatic rings. The fourth-order valence-corrected chi connectivity index (χ4v) is 5.17. The van der Waals surface area contributed by atoms with Crippen LogP contribution in [-0.4, -0.2) is 62.1 Å². The van der Waals surface area contributed by atoms with Crippen LogP contribution in [0.3, 0.4) is 0 Å². The van der Waals surface area contributed by atoms with Crippen LogP contribution in [-0.2, 0) is 24.9 Å². The van der Waals surface area contributed by atoms with Gasteiger partial charge in [0.25, 0.3) is 0 Å². The standard InChI is InChI=1S/C18H33N5O7P2/c1-28-11-12-29-17-15-16(21-18(19)22-17)23(13-20-15)9-7-5-3-2-4-6-8-10-30-31(24)14-32(25,26)27/h13,31H,2-12,14H2,1H3,(H2,19,21,22)(H2,25,26,27). The number of methoxy groups -OCH3 is 1. The number of aryl methyl sites for hydroxylation is 1. The van der Waals surface area contributed by atoms with Gasteiger partial charge in [0.05, 0.1) is 19.5 Å². The van der Waals surface area contributed by atoms with Crippen LogP contribution in [0.5, 0.6) is 5.88 Å². The third kappa shape index (κ3) is 9.94. The fourth-order valence-electron chi connectivity index (χ4n) is 3.09. The van der Waals surface area contributed by atoms with Gasteiger partial charge in [0.2, 0.25) is 19.9 Å². The van der Waals surface area contributed by atoms with Gasteiger partial charge in [-0.1, -0.05) is 32.1 Å². The average molecular weight is 493 g/mol. The second-order valence-electron chi connectivity index (χ2n) is 7.36. The van der Waals surface area contributed by atoms with Crippen LogP contribution in [0, 0.1) is 0 Å². The van der Waals surface area contributed by atoms with E-state index in [1.807, 2.05) is 4.57 Å². The molecule has 12 nitrogen and oxygen atoms in total. The van der Waals surface area contributed by atoms with Crippen molar-refractivity contribution in [1.82, 2.24) is 19.5 Å². The van der Waals surface area contributed by atoms with E-state index in [-0.39, 0.29) is 12.6 Å². The number of ether oxygens (including phenoxy) is 2. The van der Waals surface area contributed by atoms with Crippen molar-refractivity contribution < 1.29 is 32.9 Å². The third-order valence-corrected chi connectivity index (χ3v) is 7.82. The quantitative estimate of drug-likeness (QED) is 0.218. The maximum atomic E-state index is 11.4. The summed E-state index contributed by atoms with van der Waals surface area (Å²) in [5.74, 6) is -0.174. The van der Waals surface area contributed by atoms with Gasteiger partial charge in [-0.2, -0.15) is 9.97 Å². The van der Waals surface area contributed by atoms with E-state index < -0.39 is 21.5 Å². The summed E-state index contributed by atoms with van der Waals surface area (Å²) < 4.78 is 39.6. The van der Waals surface area contributed by atoms with Crippen LogP contribution in [0.25, 0.3) is 11.2 Å². The molecule has 2 heterocycles. The Morgan fingerprint density at radius 3 is 2.44 bits per heavy atom. The molecule has 0 saturated heterocycles. The van der Waals surface area contributed by atoms with Crippen molar-refractivity contribution in [1.29, 1.82) is 0 Å². The van der Waals surface area contributed by atoms with Gasteiger partial charge < -0.3 is 34.1 Å². The topological polar surface area (TPSA) is 172 Å². The summed E-state index contributed by atoms with van der Waals surface area (Å²) in [6, 6.07) is 0. The van der Waals surface area contributed by atoms with Crippen molar-refractivity contribution >= 4 is 32.7 Å². The van der Waals surface area contributed by atoms with Gasteiger partial charge in [0.1, 0.15) is 12.5 Å². The third-order valence-electron chi connectivity index (χ3n) is 4.62. The van der Waals surface area contributed by atoms with E-state index in [9.17, 15) is 9.13 Å². The van der Waals surface area contributed by atoms with E-state index in [2.05, 4.69) is 15.0 Å². The molecule has 0 bridgehead atoms. The molecule has 0 amide bonds. The van der Waals surface area contributed by atoms with Crippen molar-refractivity contribution in [3.05, 3.63) is 6.33 Å². The number of unbranched alkanes of at least 4 members (excludes halogenated alkanes) is 6. The first-order valence-electron chi connectivity index (χ1n) is 10.6. The van der Waals surface area contributed by atoms with Crippen molar-refractivity contribution in [3.63, 3.8) is 0 Å². The number of fused-ring (bicyclic) bond motifs is 1. The van der Waals surface area contributed by atoms with Crippen LogP contribution in [0.15, 0.2) is 6.33 Å². The zero-order valence-electron chi connectivity index (χ0n) is 18.3. The molecule has 0 aromatic carbocycles. The lowest BCUT2D eigenvalue weighted by molar-refractivity contribution is 0.144. The minimum atomic E-state index is -4.26. The Balaban J connectivity index is 1.61. The van der Waals surface area contributed by atoms with Crippen LogP contribution < -0.4 is 10.5 Å². The zero-order valence-corrected chi connectivity index (χ0v) is 20.2. The largest absolute Gasteiger partial charge is 0.474 e. The van der Waals surface area contributed by atoms with Crippen molar-refractivity contribution in [3.8, 4) is 5.88 Å². The molecule has 1 unspecified atom stereocenters. The Kier molecular flexibility index (Phi) is 11.6. The fraction of sp³-hybridized carbons (Fsp3) is 0.722. The highest BCUT2D eigenvalue weighted by atomic mass is 31.2. The summed E-state index contributed by atoms with van der Waals surface area (Å²) in [4.78, 5) is 30.3. The molecule has 2 aromatic heterocycles. The highest BCUT2D eigenvalue weighted by molar-refractivity contribution is 7.64. The molecule has 0 saturated carbocycles. The molecule has 2 aromatic rings. The lowest BCUT2D eigenvalue weighted by Gasteiger charge is -2.07. The molecule has 0 radical (unpaired) electrons. The molecule has 32 heavy (non-hydrogen) atoms. The highest BCUT2D eigenvalue weighted by Crippen LogP contribution is 2.45. The first kappa shape index (κ1) is 26.7. The molecule has 4 N–H and O–H groups in total. The Bertz CT molecular complexity index is 905. The van der Waals surface area contributed by atoms with Crippen LogP contribution in [0.4, 0.5) is 5.95 Å². The van der Waals surface area contributed by atoms with E-state index in [1.165, 1.54) is 0 Å². The summed E-state index contributed by atoms with van der Waals surface area (Å²) in [5.41, 5.74) is 7.05. The molecular weight excluding hydrogens is 460 g/mol. The monoisotopic (exact) mass is 493 g/mol. The normalized spacial score (nSPS) is 13.0. The molecule has 0 fully saturated rings. The summed E-state index contributed by atoms with van der Waals surface area (Å²) in [7, 11) is -5.32. The number of imidazole rings is 1. The van der Waals surface area contributed by atoms with E-state index in [1.54, 1.807) is 13.4 Å². The number of nitrogen functional groups attached to an aromatic ring is 1. The predicted molar refractivity (Wildman–Crippen MR) is 121 cm³/mol. The first-order chi connectivity index (χ1) is 15.3. The maximum Gasteiger partial charge on any atom is 0.334 e. The Labute approximate surface area is 187 Å². The number of rotatable bonds is 17. The van der Waals surface area contributed by atoms with Gasteiger partial charge in [0, 0.05) is 13.7 Å². The Hall–Kier alpha value is -1.55. The lowest BCUT2D eigenvalue weighted by atomic mass is 10.1. The van der Waals surface area contributed by atoms with Crippen molar-refractivity contribution in [2.75, 3.05) is 38.6 Å². The molecule has 1 atom stereocenters. The second-order valence-corrected chi connectivity index (χ2v) is 11.0. The summed E-state index contributed by atoms with van der Waals surface area (Å²) in [6.45, 7) is 1.84. The Morgan fingerprint density at radius 1 is 1.06 bits per heavy atom. The number of aromatic nitrogens is 4. The average Bonchev–Trinajstić information content (AvgIpc) is 3.11. The number of nitrogens with zero attached hydrogens (tertiary/aromatic N) is 4. The van der Waals surface area contributed by atoms with Crippen LogP contribution >= 0.6 is 15.6 Å². The predicted octanol–water partition coefficient (Wildman–Crippen LogP) is 2.79. The van der Waals surface area contributed by atoms with Gasteiger partial charge in [0.15, 0.2) is 11.2 Å². The maximum absolute atomic E-state index is 11.4.